The fourth-order valence-electron chi connectivity index (χ4n) is 1.65. The van der Waals surface area contributed by atoms with Crippen LogP contribution in [-0.4, -0.2) is 17.1 Å². The molecule has 2 rings (SSSR count). The highest BCUT2D eigenvalue weighted by Crippen LogP contribution is 2.26. The molecule has 0 spiro atoms. The molecule has 0 radical (unpaired) electrons. The Hall–Kier alpha value is -1.52. The lowest BCUT2D eigenvalue weighted by molar-refractivity contribution is 0.414. The summed E-state index contributed by atoms with van der Waals surface area (Å²) in [5.41, 5.74) is 1.06. The molecule has 19 heavy (non-hydrogen) atoms. The van der Waals surface area contributed by atoms with Gasteiger partial charge in [-0.2, -0.15) is 4.98 Å². The minimum atomic E-state index is 0.0126. The maximum Gasteiger partial charge on any atom is 0.224 e. The monoisotopic (exact) mass is 297 g/mol. The summed E-state index contributed by atoms with van der Waals surface area (Å²) in [7, 11) is 1.64. The number of hydrogen-bond donors (Lipinski definition) is 1. The van der Waals surface area contributed by atoms with Crippen LogP contribution >= 0.6 is 23.2 Å². The first-order valence-corrected chi connectivity index (χ1v) is 6.44. The number of rotatable bonds is 4. The van der Waals surface area contributed by atoms with Crippen molar-refractivity contribution in [3.05, 3.63) is 46.3 Å². The molecule has 1 aromatic carbocycles. The normalized spacial score (nSPS) is 12.0. The molecule has 0 saturated carbocycles. The fraction of sp³-hybridized carbons (Fsp3) is 0.231. The molecule has 0 aliphatic rings. The van der Waals surface area contributed by atoms with E-state index in [0.29, 0.717) is 10.8 Å². The summed E-state index contributed by atoms with van der Waals surface area (Å²) in [6.07, 6.45) is 1.47. The Morgan fingerprint density at radius 1 is 1.32 bits per heavy atom. The van der Waals surface area contributed by atoms with Crippen LogP contribution in [0.2, 0.25) is 10.3 Å². The first kappa shape index (κ1) is 13.9. The molecule has 0 aliphatic heterocycles. The van der Waals surface area contributed by atoms with E-state index in [0.717, 1.165) is 11.3 Å². The molecule has 4 nitrogen and oxygen atoms in total. The first-order valence-electron chi connectivity index (χ1n) is 5.68. The highest BCUT2D eigenvalue weighted by molar-refractivity contribution is 6.33. The van der Waals surface area contributed by atoms with Crippen molar-refractivity contribution in [1.29, 1.82) is 0 Å². The van der Waals surface area contributed by atoms with Crippen molar-refractivity contribution >= 4 is 29.0 Å². The molecule has 1 aromatic heterocycles. The molecule has 1 N–H and O–H groups in total. The third-order valence-corrected chi connectivity index (χ3v) is 3.12. The summed E-state index contributed by atoms with van der Waals surface area (Å²) in [6.45, 7) is 2.00. The van der Waals surface area contributed by atoms with Gasteiger partial charge in [-0.1, -0.05) is 23.7 Å². The molecule has 0 saturated heterocycles. The van der Waals surface area contributed by atoms with E-state index in [2.05, 4.69) is 15.3 Å². The van der Waals surface area contributed by atoms with E-state index in [4.69, 9.17) is 27.9 Å². The Kier molecular flexibility index (Phi) is 4.45. The van der Waals surface area contributed by atoms with E-state index in [9.17, 15) is 0 Å². The van der Waals surface area contributed by atoms with Crippen LogP contribution in [0.1, 0.15) is 18.5 Å². The Bertz CT molecular complexity index is 578. The number of hydrogen-bond acceptors (Lipinski definition) is 4. The Labute approximate surface area is 121 Å². The SMILES string of the molecule is COc1cccc(C(C)Nc2nc(Cl)ncc2Cl)c1. The number of methoxy groups -OCH3 is 1. The summed E-state index contributed by atoms with van der Waals surface area (Å²) >= 11 is 11.8. The molecule has 2 aromatic rings. The average Bonchev–Trinajstić information content (AvgIpc) is 2.43. The minimum absolute atomic E-state index is 0.0126. The second-order valence-electron chi connectivity index (χ2n) is 3.98. The summed E-state index contributed by atoms with van der Waals surface area (Å²) in [5.74, 6) is 1.31. The third-order valence-electron chi connectivity index (χ3n) is 2.66. The van der Waals surface area contributed by atoms with Gasteiger partial charge in [-0.05, 0) is 36.2 Å². The van der Waals surface area contributed by atoms with E-state index in [1.54, 1.807) is 7.11 Å². The smallest absolute Gasteiger partial charge is 0.224 e. The van der Waals surface area contributed by atoms with Crippen molar-refractivity contribution in [2.75, 3.05) is 12.4 Å². The zero-order chi connectivity index (χ0) is 13.8. The number of nitrogens with zero attached hydrogens (tertiary/aromatic N) is 2. The Balaban J connectivity index is 2.20. The van der Waals surface area contributed by atoms with Crippen molar-refractivity contribution in [2.45, 2.75) is 13.0 Å². The van der Waals surface area contributed by atoms with Crippen molar-refractivity contribution in [1.82, 2.24) is 9.97 Å². The summed E-state index contributed by atoms with van der Waals surface area (Å²) in [6, 6.07) is 7.79. The van der Waals surface area contributed by atoms with Crippen molar-refractivity contribution in [2.24, 2.45) is 0 Å². The first-order chi connectivity index (χ1) is 9.10. The van der Waals surface area contributed by atoms with Gasteiger partial charge < -0.3 is 10.1 Å². The van der Waals surface area contributed by atoms with E-state index in [-0.39, 0.29) is 11.3 Å². The molecule has 1 unspecified atom stereocenters. The van der Waals surface area contributed by atoms with Gasteiger partial charge in [-0.15, -0.1) is 0 Å². The molecular formula is C13H13Cl2N3O. The molecule has 1 heterocycles. The highest BCUT2D eigenvalue weighted by atomic mass is 35.5. The fourth-order valence-corrected chi connectivity index (χ4v) is 1.93. The van der Waals surface area contributed by atoms with Crippen LogP contribution in [0.15, 0.2) is 30.5 Å². The maximum absolute atomic E-state index is 6.02. The van der Waals surface area contributed by atoms with Gasteiger partial charge >= 0.3 is 0 Å². The quantitative estimate of drug-likeness (QED) is 0.868. The zero-order valence-electron chi connectivity index (χ0n) is 10.5. The van der Waals surface area contributed by atoms with E-state index in [1.807, 2.05) is 31.2 Å². The molecule has 0 amide bonds. The molecule has 0 aliphatic carbocycles. The van der Waals surface area contributed by atoms with Crippen molar-refractivity contribution < 1.29 is 4.74 Å². The molecule has 100 valence electrons. The molecule has 1 atom stereocenters. The predicted octanol–water partition coefficient (Wildman–Crippen LogP) is 3.97. The number of ether oxygens (including phenoxy) is 1. The van der Waals surface area contributed by atoms with Crippen LogP contribution in [0.25, 0.3) is 0 Å². The Morgan fingerprint density at radius 2 is 2.11 bits per heavy atom. The lowest BCUT2D eigenvalue weighted by Crippen LogP contribution is -2.09. The lowest BCUT2D eigenvalue weighted by atomic mass is 10.1. The number of benzene rings is 1. The van der Waals surface area contributed by atoms with Gasteiger partial charge in [0, 0.05) is 0 Å². The zero-order valence-corrected chi connectivity index (χ0v) is 12.0. The lowest BCUT2D eigenvalue weighted by Gasteiger charge is -2.16. The standard InChI is InChI=1S/C13H13Cl2N3O/c1-8(9-4-3-5-10(6-9)19-2)17-12-11(14)7-16-13(15)18-12/h3-8H,1-2H3,(H,16,17,18). The second kappa shape index (κ2) is 6.08. The Morgan fingerprint density at radius 3 is 2.84 bits per heavy atom. The topological polar surface area (TPSA) is 47.0 Å². The van der Waals surface area contributed by atoms with Gasteiger partial charge in [0.1, 0.15) is 16.6 Å². The summed E-state index contributed by atoms with van der Waals surface area (Å²) in [4.78, 5) is 7.87. The van der Waals surface area contributed by atoms with Crippen molar-refractivity contribution in [3.63, 3.8) is 0 Å². The maximum atomic E-state index is 6.02. The predicted molar refractivity (Wildman–Crippen MR) is 77.1 cm³/mol. The largest absolute Gasteiger partial charge is 0.497 e. The van der Waals surface area contributed by atoms with Gasteiger partial charge in [-0.25, -0.2) is 4.98 Å². The van der Waals surface area contributed by atoms with Crippen LogP contribution in [-0.2, 0) is 0 Å². The van der Waals surface area contributed by atoms with Gasteiger partial charge in [-0.3, -0.25) is 0 Å². The van der Waals surface area contributed by atoms with Crippen LogP contribution in [0.5, 0.6) is 5.75 Å². The minimum Gasteiger partial charge on any atom is -0.497 e. The van der Waals surface area contributed by atoms with Crippen LogP contribution in [0.4, 0.5) is 5.82 Å². The van der Waals surface area contributed by atoms with Gasteiger partial charge in [0.25, 0.3) is 0 Å². The van der Waals surface area contributed by atoms with E-state index in [1.165, 1.54) is 6.20 Å². The van der Waals surface area contributed by atoms with Gasteiger partial charge in [0.2, 0.25) is 5.28 Å². The van der Waals surface area contributed by atoms with Crippen LogP contribution in [0.3, 0.4) is 0 Å². The van der Waals surface area contributed by atoms with E-state index < -0.39 is 0 Å². The molecule has 0 bridgehead atoms. The third kappa shape index (κ3) is 3.49. The number of anilines is 1. The highest BCUT2D eigenvalue weighted by Gasteiger charge is 2.10. The van der Waals surface area contributed by atoms with Gasteiger partial charge in [0.15, 0.2) is 0 Å². The second-order valence-corrected chi connectivity index (χ2v) is 4.72. The van der Waals surface area contributed by atoms with Gasteiger partial charge in [0.05, 0.1) is 19.3 Å². The molecule has 0 fully saturated rings. The molecular weight excluding hydrogens is 285 g/mol. The average molecular weight is 298 g/mol. The van der Waals surface area contributed by atoms with Crippen LogP contribution < -0.4 is 10.1 Å². The van der Waals surface area contributed by atoms with E-state index >= 15 is 0 Å². The molecule has 6 heteroatoms. The number of nitrogens with one attached hydrogen (secondary N) is 1. The van der Waals surface area contributed by atoms with Crippen LogP contribution in [0, 0.1) is 0 Å². The summed E-state index contributed by atoms with van der Waals surface area (Å²) < 4.78 is 5.20. The van der Waals surface area contributed by atoms with Crippen molar-refractivity contribution in [3.8, 4) is 5.75 Å². The summed E-state index contributed by atoms with van der Waals surface area (Å²) in [5, 5.41) is 3.78. The number of aromatic nitrogens is 2. The number of halogens is 2.